The number of fused-ring (bicyclic) bond motifs is 2. The first-order chi connectivity index (χ1) is 13.2. The van der Waals surface area contributed by atoms with Crippen LogP contribution < -0.4 is 10.1 Å². The van der Waals surface area contributed by atoms with Crippen molar-refractivity contribution in [3.63, 3.8) is 0 Å². The molecule has 3 heterocycles. The molecule has 2 fully saturated rings. The summed E-state index contributed by atoms with van der Waals surface area (Å²) in [6.07, 6.45) is 6.80. The Morgan fingerprint density at radius 2 is 1.78 bits per heavy atom. The number of ether oxygens (including phenoxy) is 1. The highest BCUT2D eigenvalue weighted by molar-refractivity contribution is 5.96. The number of methoxy groups -OCH3 is 1. The molecule has 1 aromatic heterocycles. The predicted octanol–water partition coefficient (Wildman–Crippen LogP) is 2.66. The minimum Gasteiger partial charge on any atom is -0.497 e. The second kappa shape index (κ2) is 7.39. The summed E-state index contributed by atoms with van der Waals surface area (Å²) >= 11 is 0. The Morgan fingerprint density at radius 3 is 2.44 bits per heavy atom. The van der Waals surface area contributed by atoms with Crippen LogP contribution in [0.4, 0.5) is 0 Å². The number of carbonyl (C=O) groups excluding carboxylic acids is 2. The Balaban J connectivity index is 1.44. The van der Waals surface area contributed by atoms with E-state index in [0.717, 1.165) is 25.7 Å². The van der Waals surface area contributed by atoms with Crippen molar-refractivity contribution in [2.24, 2.45) is 0 Å². The van der Waals surface area contributed by atoms with Crippen LogP contribution in [-0.2, 0) is 0 Å². The Morgan fingerprint density at radius 1 is 1.07 bits per heavy atom. The zero-order valence-electron chi connectivity index (χ0n) is 15.3. The fraction of sp³-hybridized carbons (Fsp3) is 0.381. The van der Waals surface area contributed by atoms with Crippen LogP contribution in [0.1, 0.15) is 46.4 Å². The van der Waals surface area contributed by atoms with Gasteiger partial charge >= 0.3 is 0 Å². The van der Waals surface area contributed by atoms with Gasteiger partial charge in [0.1, 0.15) is 5.75 Å². The monoisotopic (exact) mass is 365 g/mol. The van der Waals surface area contributed by atoms with Crippen LogP contribution >= 0.6 is 0 Å². The van der Waals surface area contributed by atoms with Crippen LogP contribution in [-0.4, -0.2) is 46.9 Å². The fourth-order valence-electron chi connectivity index (χ4n) is 4.30. The van der Waals surface area contributed by atoms with Gasteiger partial charge in [0.2, 0.25) is 0 Å². The quantitative estimate of drug-likeness (QED) is 0.904. The molecule has 2 aromatic rings. The zero-order valence-corrected chi connectivity index (χ0v) is 15.3. The number of hydrogen-bond acceptors (Lipinski definition) is 4. The second-order valence-electron chi connectivity index (χ2n) is 7.21. The molecule has 2 aliphatic rings. The van der Waals surface area contributed by atoms with Crippen molar-refractivity contribution in [3.8, 4) is 5.75 Å². The predicted molar refractivity (Wildman–Crippen MR) is 101 cm³/mol. The highest BCUT2D eigenvalue weighted by Gasteiger charge is 2.43. The molecular formula is C21H23N3O3. The first kappa shape index (κ1) is 17.5. The van der Waals surface area contributed by atoms with E-state index >= 15 is 0 Å². The summed E-state index contributed by atoms with van der Waals surface area (Å²) in [6.45, 7) is 0. The van der Waals surface area contributed by atoms with E-state index in [1.54, 1.807) is 37.7 Å². The number of benzene rings is 1. The van der Waals surface area contributed by atoms with E-state index in [4.69, 9.17) is 4.74 Å². The van der Waals surface area contributed by atoms with Gasteiger partial charge in [-0.05, 0) is 56.0 Å². The summed E-state index contributed by atoms with van der Waals surface area (Å²) < 4.78 is 5.24. The number of piperidine rings is 1. The molecule has 2 unspecified atom stereocenters. The first-order valence-electron chi connectivity index (χ1n) is 9.33. The molecule has 0 aliphatic carbocycles. The SMILES string of the molecule is COc1cccc(C(=O)N2C3CCC2CC(NC(=O)c2ccncc2)C3)c1. The smallest absolute Gasteiger partial charge is 0.254 e. The van der Waals surface area contributed by atoms with Gasteiger partial charge in [-0.3, -0.25) is 14.6 Å². The topological polar surface area (TPSA) is 71.5 Å². The summed E-state index contributed by atoms with van der Waals surface area (Å²) in [5, 5.41) is 3.13. The average molecular weight is 365 g/mol. The van der Waals surface area contributed by atoms with Crippen LogP contribution in [0.2, 0.25) is 0 Å². The van der Waals surface area contributed by atoms with E-state index in [9.17, 15) is 9.59 Å². The highest BCUT2D eigenvalue weighted by Crippen LogP contribution is 2.37. The van der Waals surface area contributed by atoms with Gasteiger partial charge in [0.15, 0.2) is 0 Å². The maximum atomic E-state index is 13.1. The van der Waals surface area contributed by atoms with E-state index in [-0.39, 0.29) is 29.9 Å². The van der Waals surface area contributed by atoms with Crippen molar-refractivity contribution >= 4 is 11.8 Å². The summed E-state index contributed by atoms with van der Waals surface area (Å²) in [4.78, 5) is 31.4. The summed E-state index contributed by atoms with van der Waals surface area (Å²) in [5.41, 5.74) is 1.28. The third kappa shape index (κ3) is 3.52. The number of amides is 2. The molecule has 4 rings (SSSR count). The van der Waals surface area contributed by atoms with E-state index in [2.05, 4.69) is 10.3 Å². The lowest BCUT2D eigenvalue weighted by Gasteiger charge is -2.39. The number of carbonyl (C=O) groups is 2. The minimum absolute atomic E-state index is 0.0558. The number of hydrogen-bond donors (Lipinski definition) is 1. The molecule has 140 valence electrons. The number of nitrogens with zero attached hydrogens (tertiary/aromatic N) is 2. The molecule has 6 heteroatoms. The molecule has 6 nitrogen and oxygen atoms in total. The van der Waals surface area contributed by atoms with Crippen molar-refractivity contribution < 1.29 is 14.3 Å². The van der Waals surface area contributed by atoms with Gasteiger partial charge in [-0.1, -0.05) is 6.07 Å². The van der Waals surface area contributed by atoms with E-state index < -0.39 is 0 Å². The molecule has 1 aromatic carbocycles. The van der Waals surface area contributed by atoms with Gasteiger partial charge in [-0.2, -0.15) is 0 Å². The highest BCUT2D eigenvalue weighted by atomic mass is 16.5. The molecule has 1 N–H and O–H groups in total. The maximum Gasteiger partial charge on any atom is 0.254 e. The Kier molecular flexibility index (Phi) is 4.79. The molecule has 0 spiro atoms. The number of aromatic nitrogens is 1. The second-order valence-corrected chi connectivity index (χ2v) is 7.21. The van der Waals surface area contributed by atoms with Gasteiger partial charge in [0.25, 0.3) is 11.8 Å². The number of nitrogens with one attached hydrogen (secondary N) is 1. The van der Waals surface area contributed by atoms with Crippen molar-refractivity contribution in [2.75, 3.05) is 7.11 Å². The Hall–Kier alpha value is -2.89. The third-order valence-corrected chi connectivity index (χ3v) is 5.56. The molecular weight excluding hydrogens is 342 g/mol. The van der Waals surface area contributed by atoms with Crippen molar-refractivity contribution in [1.29, 1.82) is 0 Å². The average Bonchev–Trinajstić information content (AvgIpc) is 2.98. The molecule has 2 saturated heterocycles. The van der Waals surface area contributed by atoms with Gasteiger partial charge in [-0.25, -0.2) is 0 Å². The van der Waals surface area contributed by atoms with Crippen LogP contribution in [0.3, 0.4) is 0 Å². The van der Waals surface area contributed by atoms with Crippen LogP contribution in [0.25, 0.3) is 0 Å². The van der Waals surface area contributed by atoms with Gasteiger partial charge in [0.05, 0.1) is 7.11 Å². The van der Waals surface area contributed by atoms with Gasteiger partial charge in [0, 0.05) is 41.6 Å². The molecule has 2 atom stereocenters. The lowest BCUT2D eigenvalue weighted by molar-refractivity contribution is 0.0549. The maximum absolute atomic E-state index is 13.1. The van der Waals surface area contributed by atoms with Crippen LogP contribution in [0.5, 0.6) is 5.75 Å². The molecule has 0 saturated carbocycles. The van der Waals surface area contributed by atoms with Crippen LogP contribution in [0.15, 0.2) is 48.8 Å². The van der Waals surface area contributed by atoms with E-state index in [0.29, 0.717) is 16.9 Å². The summed E-state index contributed by atoms with van der Waals surface area (Å²) in [6, 6.07) is 11.2. The normalized spacial score (nSPS) is 23.7. The van der Waals surface area contributed by atoms with Gasteiger partial charge in [-0.15, -0.1) is 0 Å². The lowest BCUT2D eigenvalue weighted by atomic mass is 9.96. The fourth-order valence-corrected chi connectivity index (χ4v) is 4.30. The van der Waals surface area contributed by atoms with E-state index in [1.165, 1.54) is 0 Å². The van der Waals surface area contributed by atoms with Gasteiger partial charge < -0.3 is 15.0 Å². The molecule has 2 amide bonds. The summed E-state index contributed by atoms with van der Waals surface area (Å²) in [5.74, 6) is 0.669. The van der Waals surface area contributed by atoms with Crippen molar-refractivity contribution in [1.82, 2.24) is 15.2 Å². The summed E-state index contributed by atoms with van der Waals surface area (Å²) in [7, 11) is 1.60. The number of pyridine rings is 1. The van der Waals surface area contributed by atoms with Crippen molar-refractivity contribution in [3.05, 3.63) is 59.9 Å². The number of rotatable bonds is 4. The standard InChI is InChI=1S/C21H23N3O3/c1-27-19-4-2-3-15(11-19)21(26)24-17-5-6-18(24)13-16(12-17)23-20(25)14-7-9-22-10-8-14/h2-4,7-11,16-18H,5-6,12-13H2,1H3,(H,23,25). The minimum atomic E-state index is -0.0747. The largest absolute Gasteiger partial charge is 0.497 e. The van der Waals surface area contributed by atoms with E-state index in [1.807, 2.05) is 23.1 Å². The van der Waals surface area contributed by atoms with Crippen molar-refractivity contribution in [2.45, 2.75) is 43.8 Å². The Labute approximate surface area is 158 Å². The molecule has 2 bridgehead atoms. The third-order valence-electron chi connectivity index (χ3n) is 5.56. The molecule has 2 aliphatic heterocycles. The Bertz CT molecular complexity index is 826. The molecule has 0 radical (unpaired) electrons. The molecule has 27 heavy (non-hydrogen) atoms. The van der Waals surface area contributed by atoms with Crippen LogP contribution in [0, 0.1) is 0 Å². The lowest BCUT2D eigenvalue weighted by Crippen LogP contribution is -2.52. The first-order valence-corrected chi connectivity index (χ1v) is 9.33. The zero-order chi connectivity index (χ0) is 18.8.